The topological polar surface area (TPSA) is 182 Å². The van der Waals surface area contributed by atoms with E-state index in [4.69, 9.17) is 9.47 Å². The van der Waals surface area contributed by atoms with Crippen molar-refractivity contribution in [3.8, 4) is 11.5 Å². The summed E-state index contributed by atoms with van der Waals surface area (Å²) < 4.78 is 10.8. The Balaban J connectivity index is 2.16. The summed E-state index contributed by atoms with van der Waals surface area (Å²) in [5.41, 5.74) is 0.788. The van der Waals surface area contributed by atoms with E-state index in [1.165, 1.54) is 25.3 Å². The van der Waals surface area contributed by atoms with Crippen LogP contribution in [0.4, 0.5) is 5.69 Å². The molecule has 14 heteroatoms. The van der Waals surface area contributed by atoms with Gasteiger partial charge >= 0.3 is 11.4 Å². The molecule has 3 N–H and O–H groups in total. The van der Waals surface area contributed by atoms with Gasteiger partial charge in [0.05, 0.1) is 29.6 Å². The molecule has 1 unspecified atom stereocenters. The van der Waals surface area contributed by atoms with Crippen molar-refractivity contribution in [1.82, 2.24) is 20.6 Å². The lowest BCUT2D eigenvalue weighted by molar-refractivity contribution is -0.385. The largest absolute Gasteiger partial charge is 0.493 e. The molecule has 13 nitrogen and oxygen atoms in total. The molecule has 166 valence electrons. The number of carbonyl (C=O) groups excluding carboxylic acids is 1. The van der Waals surface area contributed by atoms with E-state index in [1.54, 1.807) is 13.8 Å². The fourth-order valence-electron chi connectivity index (χ4n) is 2.26. The summed E-state index contributed by atoms with van der Waals surface area (Å²) in [5.74, 6) is -0.214. The second kappa shape index (κ2) is 10.9. The van der Waals surface area contributed by atoms with Crippen molar-refractivity contribution in [2.45, 2.75) is 31.0 Å². The molecule has 0 aliphatic rings. The van der Waals surface area contributed by atoms with Crippen LogP contribution in [0, 0.1) is 10.1 Å². The van der Waals surface area contributed by atoms with Crippen molar-refractivity contribution in [2.75, 3.05) is 13.2 Å². The number of hydrogen-bond acceptors (Lipinski definition) is 10. The van der Waals surface area contributed by atoms with Crippen molar-refractivity contribution < 1.29 is 19.2 Å². The maximum atomic E-state index is 12.2. The number of nitro benzene ring substituents is 1. The summed E-state index contributed by atoms with van der Waals surface area (Å²) in [6.07, 6.45) is 1.20. The van der Waals surface area contributed by atoms with Crippen LogP contribution in [-0.2, 0) is 4.79 Å². The predicted molar refractivity (Wildman–Crippen MR) is 112 cm³/mol. The average Bonchev–Trinajstić information content (AvgIpc) is 2.71. The zero-order valence-corrected chi connectivity index (χ0v) is 17.6. The van der Waals surface area contributed by atoms with Crippen LogP contribution in [0.5, 0.6) is 11.5 Å². The third-order valence-corrected chi connectivity index (χ3v) is 4.67. The lowest BCUT2D eigenvalue weighted by atomic mass is 10.1. The number of hydrogen-bond donors (Lipinski definition) is 3. The first kappa shape index (κ1) is 23.6. The Kier molecular flexibility index (Phi) is 8.31. The summed E-state index contributed by atoms with van der Waals surface area (Å²) in [5, 5.41) is 19.9. The molecule has 0 spiro atoms. The van der Waals surface area contributed by atoms with Gasteiger partial charge in [-0.3, -0.25) is 24.7 Å². The van der Waals surface area contributed by atoms with Crippen LogP contribution >= 0.6 is 11.8 Å². The van der Waals surface area contributed by atoms with Gasteiger partial charge < -0.3 is 9.47 Å². The van der Waals surface area contributed by atoms with Gasteiger partial charge in [0.25, 0.3) is 11.5 Å². The normalized spacial score (nSPS) is 11.8. The summed E-state index contributed by atoms with van der Waals surface area (Å²) >= 11 is 0.817. The number of hydrazone groups is 1. The highest BCUT2D eigenvalue weighted by molar-refractivity contribution is 8.00. The molecule has 1 heterocycles. The summed E-state index contributed by atoms with van der Waals surface area (Å²) in [4.78, 5) is 47.6. The minimum absolute atomic E-state index is 0.0563. The van der Waals surface area contributed by atoms with Crippen LogP contribution < -0.4 is 26.1 Å². The number of benzene rings is 1. The number of ether oxygens (including phenoxy) is 2. The third kappa shape index (κ3) is 6.40. The third-order valence-electron chi connectivity index (χ3n) is 3.60. The Bertz CT molecular complexity index is 1100. The van der Waals surface area contributed by atoms with Crippen molar-refractivity contribution in [3.05, 3.63) is 48.6 Å². The van der Waals surface area contributed by atoms with Crippen LogP contribution in [0.3, 0.4) is 0 Å². The summed E-state index contributed by atoms with van der Waals surface area (Å²) in [6.45, 7) is 5.49. The smallest absolute Gasteiger partial charge is 0.342 e. The van der Waals surface area contributed by atoms with Crippen molar-refractivity contribution in [2.24, 2.45) is 5.10 Å². The molecule has 0 aliphatic carbocycles. The van der Waals surface area contributed by atoms with Gasteiger partial charge in [-0.1, -0.05) is 11.8 Å². The zero-order valence-electron chi connectivity index (χ0n) is 16.8. The SMILES string of the molecule is CCOc1cc(OCC)c([N+](=O)[O-])cc1/C=N/NC(=O)C(C)Sc1n[nH]c(=O)[nH]c1=O. The Morgan fingerprint density at radius 1 is 1.32 bits per heavy atom. The van der Waals surface area contributed by atoms with E-state index >= 15 is 0 Å². The number of carbonyl (C=O) groups is 1. The second-order valence-corrected chi connectivity index (χ2v) is 7.12. The maximum absolute atomic E-state index is 12.2. The molecule has 31 heavy (non-hydrogen) atoms. The molecule has 0 fully saturated rings. The number of nitro groups is 1. The number of aromatic nitrogens is 3. The van der Waals surface area contributed by atoms with Gasteiger partial charge in [0.2, 0.25) is 5.75 Å². The van der Waals surface area contributed by atoms with Crippen molar-refractivity contribution >= 4 is 29.6 Å². The number of rotatable bonds is 10. The van der Waals surface area contributed by atoms with Crippen LogP contribution in [0.2, 0.25) is 0 Å². The number of thioether (sulfide) groups is 1. The van der Waals surface area contributed by atoms with E-state index < -0.39 is 27.3 Å². The molecule has 1 amide bonds. The number of H-pyrrole nitrogens is 2. The first-order chi connectivity index (χ1) is 14.8. The molecule has 0 saturated carbocycles. The minimum Gasteiger partial charge on any atom is -0.493 e. The molecule has 0 aliphatic heterocycles. The number of aromatic amines is 2. The number of nitrogens with zero attached hydrogens (tertiary/aromatic N) is 3. The Morgan fingerprint density at radius 3 is 2.61 bits per heavy atom. The molecule has 1 aromatic carbocycles. The van der Waals surface area contributed by atoms with E-state index in [-0.39, 0.29) is 28.6 Å². The Hall–Kier alpha value is -3.68. The Labute approximate surface area is 179 Å². The summed E-state index contributed by atoms with van der Waals surface area (Å²) in [6, 6.07) is 2.62. The number of nitrogens with one attached hydrogen (secondary N) is 3. The van der Waals surface area contributed by atoms with Crippen LogP contribution in [-0.4, -0.2) is 50.7 Å². The van der Waals surface area contributed by atoms with Gasteiger partial charge in [-0.25, -0.2) is 15.3 Å². The second-order valence-electron chi connectivity index (χ2n) is 5.79. The van der Waals surface area contributed by atoms with E-state index in [0.717, 1.165) is 11.8 Å². The van der Waals surface area contributed by atoms with Crippen molar-refractivity contribution in [3.63, 3.8) is 0 Å². The number of amides is 1. The van der Waals surface area contributed by atoms with Gasteiger partial charge in [0.15, 0.2) is 5.03 Å². The first-order valence-corrected chi connectivity index (χ1v) is 9.91. The molecule has 1 aromatic heterocycles. The van der Waals surface area contributed by atoms with Crippen molar-refractivity contribution in [1.29, 1.82) is 0 Å². The fourth-order valence-corrected chi connectivity index (χ4v) is 3.01. The fraction of sp³-hybridized carbons (Fsp3) is 0.353. The minimum atomic E-state index is -0.780. The van der Waals surface area contributed by atoms with E-state index in [1.807, 2.05) is 4.98 Å². The van der Waals surface area contributed by atoms with E-state index in [2.05, 4.69) is 20.7 Å². The van der Waals surface area contributed by atoms with Crippen LogP contribution in [0.15, 0.2) is 31.8 Å². The van der Waals surface area contributed by atoms with E-state index in [0.29, 0.717) is 12.4 Å². The lowest BCUT2D eigenvalue weighted by Gasteiger charge is -2.11. The maximum Gasteiger partial charge on any atom is 0.342 e. The Morgan fingerprint density at radius 2 is 2.00 bits per heavy atom. The van der Waals surface area contributed by atoms with Gasteiger partial charge in [-0.2, -0.15) is 10.2 Å². The van der Waals surface area contributed by atoms with Crippen LogP contribution in [0.1, 0.15) is 26.3 Å². The highest BCUT2D eigenvalue weighted by atomic mass is 32.2. The molecule has 0 bridgehead atoms. The lowest BCUT2D eigenvalue weighted by Crippen LogP contribution is -2.30. The van der Waals surface area contributed by atoms with Gasteiger partial charge in [-0.15, -0.1) is 0 Å². The highest BCUT2D eigenvalue weighted by Crippen LogP contribution is 2.34. The average molecular weight is 452 g/mol. The molecule has 1 atom stereocenters. The van der Waals surface area contributed by atoms with E-state index in [9.17, 15) is 24.5 Å². The predicted octanol–water partition coefficient (Wildman–Crippen LogP) is 0.795. The molecule has 0 saturated heterocycles. The molecule has 0 radical (unpaired) electrons. The molecule has 2 rings (SSSR count). The molecular formula is C17H20N6O7S. The van der Waals surface area contributed by atoms with Crippen LogP contribution in [0.25, 0.3) is 0 Å². The zero-order chi connectivity index (χ0) is 23.0. The summed E-state index contributed by atoms with van der Waals surface area (Å²) in [7, 11) is 0. The quantitative estimate of drug-likeness (QED) is 0.203. The molecular weight excluding hydrogens is 432 g/mol. The monoisotopic (exact) mass is 452 g/mol. The first-order valence-electron chi connectivity index (χ1n) is 9.03. The van der Waals surface area contributed by atoms with Gasteiger partial charge in [-0.05, 0) is 20.8 Å². The molecule has 2 aromatic rings. The van der Waals surface area contributed by atoms with Gasteiger partial charge in [0.1, 0.15) is 5.75 Å². The highest BCUT2D eigenvalue weighted by Gasteiger charge is 2.20. The van der Waals surface area contributed by atoms with Gasteiger partial charge in [0, 0.05) is 17.7 Å². The standard InChI is InChI=1S/C17H20N6O7S/c1-4-29-12-7-13(30-5-2)11(23(27)28)6-10(12)8-18-20-14(24)9(3)31-16-15(25)19-17(26)22-21-16/h6-9H,4-5H2,1-3H3,(H,20,24)(H2,19,22,25,26)/b18-8+.